The molecule has 1 aromatic carbocycles. The van der Waals surface area contributed by atoms with Crippen molar-refractivity contribution in [2.24, 2.45) is 5.92 Å². The minimum atomic E-state index is -0.209. The first-order valence-corrected chi connectivity index (χ1v) is 8.41. The molecule has 120 valence electrons. The molecule has 1 aromatic rings. The van der Waals surface area contributed by atoms with Crippen LogP contribution in [0.5, 0.6) is 0 Å². The Labute approximate surface area is 131 Å². The number of benzene rings is 1. The van der Waals surface area contributed by atoms with Gasteiger partial charge in [0.05, 0.1) is 0 Å². The third-order valence-electron chi connectivity index (χ3n) is 5.02. The Hall–Kier alpha value is -1.42. The van der Waals surface area contributed by atoms with Gasteiger partial charge in [-0.1, -0.05) is 19.1 Å². The van der Waals surface area contributed by atoms with Gasteiger partial charge >= 0.3 is 0 Å². The third kappa shape index (κ3) is 3.86. The maximum absolute atomic E-state index is 13.2. The second-order valence-corrected chi connectivity index (χ2v) is 6.88. The number of aryl methyl sites for hydroxylation is 1. The van der Waals surface area contributed by atoms with Crippen molar-refractivity contribution in [1.29, 1.82) is 0 Å². The first kappa shape index (κ1) is 15.5. The molecule has 0 spiro atoms. The molecule has 4 heteroatoms. The summed E-state index contributed by atoms with van der Waals surface area (Å²) in [4.78, 5) is 12.3. The molecule has 2 aliphatic heterocycles. The maximum Gasteiger partial charge on any atom is 0.223 e. The zero-order chi connectivity index (χ0) is 15.5. The van der Waals surface area contributed by atoms with Crippen molar-refractivity contribution in [2.75, 3.05) is 0 Å². The van der Waals surface area contributed by atoms with Gasteiger partial charge in [-0.2, -0.15) is 0 Å². The number of fused-ring (bicyclic) bond motifs is 2. The second-order valence-electron chi connectivity index (χ2n) is 6.88. The van der Waals surface area contributed by atoms with Gasteiger partial charge < -0.3 is 10.6 Å². The number of nitrogens with one attached hydrogen (secondary N) is 2. The molecular formula is C18H25FN2O. The molecule has 3 nitrogen and oxygen atoms in total. The lowest BCUT2D eigenvalue weighted by atomic mass is 9.97. The lowest BCUT2D eigenvalue weighted by Crippen LogP contribution is -2.49. The van der Waals surface area contributed by atoms with E-state index >= 15 is 0 Å². The number of piperidine rings is 1. The standard InChI is InChI=1S/C18H25FN2O/c1-12(5-6-13-3-2-4-14(19)9-13)18(22)21-17-10-15-7-8-16(11-17)20-15/h2-4,9,12,15-17,20H,5-8,10-11H2,1H3,(H,21,22). The van der Waals surface area contributed by atoms with Gasteiger partial charge in [-0.3, -0.25) is 4.79 Å². The predicted octanol–water partition coefficient (Wildman–Crippen LogP) is 2.79. The molecule has 3 atom stereocenters. The van der Waals surface area contributed by atoms with Gasteiger partial charge in [0.15, 0.2) is 0 Å². The van der Waals surface area contributed by atoms with E-state index in [1.165, 1.54) is 18.9 Å². The largest absolute Gasteiger partial charge is 0.353 e. The van der Waals surface area contributed by atoms with E-state index in [2.05, 4.69) is 10.6 Å². The van der Waals surface area contributed by atoms with E-state index < -0.39 is 0 Å². The topological polar surface area (TPSA) is 41.1 Å². The Morgan fingerprint density at radius 2 is 2.09 bits per heavy atom. The van der Waals surface area contributed by atoms with E-state index in [1.54, 1.807) is 12.1 Å². The minimum Gasteiger partial charge on any atom is -0.353 e. The number of carbonyl (C=O) groups is 1. The summed E-state index contributed by atoms with van der Waals surface area (Å²) in [6.45, 7) is 1.96. The highest BCUT2D eigenvalue weighted by Crippen LogP contribution is 2.27. The Bertz CT molecular complexity index is 522. The van der Waals surface area contributed by atoms with E-state index in [4.69, 9.17) is 0 Å². The van der Waals surface area contributed by atoms with Gasteiger partial charge in [-0.15, -0.1) is 0 Å². The summed E-state index contributed by atoms with van der Waals surface area (Å²) >= 11 is 0. The molecule has 2 bridgehead atoms. The van der Waals surface area contributed by atoms with Crippen LogP contribution in [0, 0.1) is 11.7 Å². The van der Waals surface area contributed by atoms with Crippen molar-refractivity contribution in [3.8, 4) is 0 Å². The van der Waals surface area contributed by atoms with Gasteiger partial charge in [0.2, 0.25) is 5.91 Å². The molecule has 2 N–H and O–H groups in total. The van der Waals surface area contributed by atoms with E-state index in [0.29, 0.717) is 18.1 Å². The van der Waals surface area contributed by atoms with E-state index in [-0.39, 0.29) is 17.6 Å². The van der Waals surface area contributed by atoms with Crippen molar-refractivity contribution >= 4 is 5.91 Å². The van der Waals surface area contributed by atoms with Gasteiger partial charge in [-0.25, -0.2) is 4.39 Å². The van der Waals surface area contributed by atoms with Gasteiger partial charge in [0.25, 0.3) is 0 Å². The van der Waals surface area contributed by atoms with Crippen LogP contribution in [0.25, 0.3) is 0 Å². The zero-order valence-corrected chi connectivity index (χ0v) is 13.1. The van der Waals surface area contributed by atoms with Gasteiger partial charge in [0, 0.05) is 24.0 Å². The van der Waals surface area contributed by atoms with E-state index in [1.807, 2.05) is 13.0 Å². The van der Waals surface area contributed by atoms with Crippen molar-refractivity contribution in [3.05, 3.63) is 35.6 Å². The van der Waals surface area contributed by atoms with Gasteiger partial charge in [0.1, 0.15) is 5.82 Å². The lowest BCUT2D eigenvalue weighted by Gasteiger charge is -2.30. The molecule has 0 radical (unpaired) electrons. The average molecular weight is 304 g/mol. The smallest absolute Gasteiger partial charge is 0.223 e. The maximum atomic E-state index is 13.2. The normalized spacial score (nSPS) is 28.4. The Kier molecular flexibility index (Phi) is 4.77. The molecule has 2 aliphatic rings. The molecule has 22 heavy (non-hydrogen) atoms. The van der Waals surface area contributed by atoms with Crippen LogP contribution in [-0.2, 0) is 11.2 Å². The minimum absolute atomic E-state index is 0.0317. The fourth-order valence-corrected chi connectivity index (χ4v) is 3.73. The molecule has 2 fully saturated rings. The first-order valence-electron chi connectivity index (χ1n) is 8.41. The highest BCUT2D eigenvalue weighted by Gasteiger charge is 2.34. The van der Waals surface area contributed by atoms with Crippen LogP contribution in [0.1, 0.15) is 44.6 Å². The summed E-state index contributed by atoms with van der Waals surface area (Å²) in [5, 5.41) is 6.80. The predicted molar refractivity (Wildman–Crippen MR) is 85.0 cm³/mol. The molecule has 0 aromatic heterocycles. The molecule has 1 amide bonds. The summed E-state index contributed by atoms with van der Waals surface area (Å²) in [7, 11) is 0. The van der Waals surface area contributed by atoms with Crippen molar-refractivity contribution in [3.63, 3.8) is 0 Å². The monoisotopic (exact) mass is 304 g/mol. The van der Waals surface area contributed by atoms with Crippen LogP contribution in [0.3, 0.4) is 0 Å². The lowest BCUT2D eigenvalue weighted by molar-refractivity contribution is -0.125. The highest BCUT2D eigenvalue weighted by atomic mass is 19.1. The highest BCUT2D eigenvalue weighted by molar-refractivity contribution is 5.78. The molecule has 2 heterocycles. The zero-order valence-electron chi connectivity index (χ0n) is 13.1. The number of carbonyl (C=O) groups excluding carboxylic acids is 1. The van der Waals surface area contributed by atoms with Crippen LogP contribution in [-0.4, -0.2) is 24.0 Å². The summed E-state index contributed by atoms with van der Waals surface area (Å²) < 4.78 is 13.2. The summed E-state index contributed by atoms with van der Waals surface area (Å²) in [6.07, 6.45) is 6.09. The number of amides is 1. The van der Waals surface area contributed by atoms with Crippen molar-refractivity contribution in [2.45, 2.75) is 63.6 Å². The number of hydrogen-bond acceptors (Lipinski definition) is 2. The molecule has 0 aliphatic carbocycles. The molecule has 2 saturated heterocycles. The second kappa shape index (κ2) is 6.78. The fourth-order valence-electron chi connectivity index (χ4n) is 3.73. The van der Waals surface area contributed by atoms with Crippen LogP contribution >= 0.6 is 0 Å². The fraction of sp³-hybridized carbons (Fsp3) is 0.611. The Morgan fingerprint density at radius 3 is 2.77 bits per heavy atom. The van der Waals surface area contributed by atoms with Crippen LogP contribution < -0.4 is 10.6 Å². The number of hydrogen-bond donors (Lipinski definition) is 2. The molecule has 3 unspecified atom stereocenters. The Morgan fingerprint density at radius 1 is 1.36 bits per heavy atom. The van der Waals surface area contributed by atoms with E-state index in [0.717, 1.165) is 31.2 Å². The molecule has 0 saturated carbocycles. The summed E-state index contributed by atoms with van der Waals surface area (Å²) in [6, 6.07) is 8.14. The number of halogens is 1. The Balaban J connectivity index is 1.45. The quantitative estimate of drug-likeness (QED) is 0.878. The van der Waals surface area contributed by atoms with Crippen molar-refractivity contribution < 1.29 is 9.18 Å². The summed E-state index contributed by atoms with van der Waals surface area (Å²) in [5.41, 5.74) is 0.958. The summed E-state index contributed by atoms with van der Waals surface area (Å²) in [5.74, 6) is -0.0988. The van der Waals surface area contributed by atoms with Crippen LogP contribution in [0.15, 0.2) is 24.3 Å². The van der Waals surface area contributed by atoms with Gasteiger partial charge in [-0.05, 0) is 56.2 Å². The SMILES string of the molecule is CC(CCc1cccc(F)c1)C(=O)NC1CC2CCC(C1)N2. The van der Waals surface area contributed by atoms with Crippen LogP contribution in [0.4, 0.5) is 4.39 Å². The van der Waals surface area contributed by atoms with E-state index in [9.17, 15) is 9.18 Å². The average Bonchev–Trinajstić information content (AvgIpc) is 2.83. The molecule has 3 rings (SSSR count). The van der Waals surface area contributed by atoms with Crippen molar-refractivity contribution in [1.82, 2.24) is 10.6 Å². The van der Waals surface area contributed by atoms with Crippen LogP contribution in [0.2, 0.25) is 0 Å². The number of rotatable bonds is 5. The third-order valence-corrected chi connectivity index (χ3v) is 5.02. The first-order chi connectivity index (χ1) is 10.6. The molecular weight excluding hydrogens is 279 g/mol.